The van der Waals surface area contributed by atoms with Gasteiger partial charge in [0.05, 0.1) is 17.8 Å². The molecule has 1 N–H and O–H groups in total. The Kier molecular flexibility index (Phi) is 3.97. The highest BCUT2D eigenvalue weighted by Gasteiger charge is 2.19. The van der Waals surface area contributed by atoms with Crippen LogP contribution in [0.2, 0.25) is 0 Å². The number of pyridine rings is 1. The van der Waals surface area contributed by atoms with E-state index in [2.05, 4.69) is 4.98 Å². The van der Waals surface area contributed by atoms with E-state index in [1.54, 1.807) is 30.5 Å². The van der Waals surface area contributed by atoms with Gasteiger partial charge < -0.3 is 9.67 Å². The zero-order chi connectivity index (χ0) is 18.1. The Labute approximate surface area is 149 Å². The number of hydrogen-bond donors (Lipinski definition) is 1. The van der Waals surface area contributed by atoms with Crippen molar-refractivity contribution in [3.8, 4) is 0 Å². The molecule has 26 heavy (non-hydrogen) atoms. The van der Waals surface area contributed by atoms with Gasteiger partial charge in [0, 0.05) is 23.5 Å². The maximum Gasteiger partial charge on any atom is 0.335 e. The third-order valence-electron chi connectivity index (χ3n) is 4.42. The van der Waals surface area contributed by atoms with Crippen molar-refractivity contribution in [3.05, 3.63) is 102 Å². The zero-order valence-electron chi connectivity index (χ0n) is 13.7. The summed E-state index contributed by atoms with van der Waals surface area (Å²) in [5, 5.41) is 10.2. The molecule has 4 aromatic rings. The Morgan fingerprint density at radius 3 is 2.50 bits per heavy atom. The monoisotopic (exact) mass is 346 g/mol. The highest BCUT2D eigenvalue weighted by Crippen LogP contribution is 2.31. The van der Waals surface area contributed by atoms with Crippen LogP contribution in [-0.2, 0) is 0 Å². The smallest absolute Gasteiger partial charge is 0.335 e. The van der Waals surface area contributed by atoms with E-state index >= 15 is 0 Å². The van der Waals surface area contributed by atoms with E-state index in [0.29, 0.717) is 5.56 Å². The molecule has 1 unspecified atom stereocenters. The molecule has 5 heteroatoms. The lowest BCUT2D eigenvalue weighted by molar-refractivity contribution is 0.0697. The third kappa shape index (κ3) is 2.84. The van der Waals surface area contributed by atoms with Gasteiger partial charge in [-0.1, -0.05) is 30.3 Å². The van der Waals surface area contributed by atoms with Gasteiger partial charge in [0.15, 0.2) is 0 Å². The quantitative estimate of drug-likeness (QED) is 0.591. The van der Waals surface area contributed by atoms with Crippen LogP contribution in [0.1, 0.15) is 27.5 Å². The maximum absolute atomic E-state index is 13.8. The van der Waals surface area contributed by atoms with Crippen LogP contribution < -0.4 is 0 Å². The van der Waals surface area contributed by atoms with Gasteiger partial charge in [0.1, 0.15) is 5.82 Å². The van der Waals surface area contributed by atoms with Gasteiger partial charge in [-0.15, -0.1) is 0 Å². The van der Waals surface area contributed by atoms with E-state index in [9.17, 15) is 9.18 Å². The third-order valence-corrected chi connectivity index (χ3v) is 4.42. The summed E-state index contributed by atoms with van der Waals surface area (Å²) < 4.78 is 15.9. The molecule has 2 heterocycles. The first-order valence-electron chi connectivity index (χ1n) is 8.13. The first-order chi connectivity index (χ1) is 12.6. The lowest BCUT2D eigenvalue weighted by Crippen LogP contribution is -2.12. The van der Waals surface area contributed by atoms with Crippen molar-refractivity contribution in [2.45, 2.75) is 6.04 Å². The van der Waals surface area contributed by atoms with Crippen molar-refractivity contribution < 1.29 is 14.3 Å². The number of benzene rings is 2. The molecule has 0 radical (unpaired) electrons. The number of carboxylic acid groups (broad SMARTS) is 1. The molecule has 0 spiro atoms. The van der Waals surface area contributed by atoms with Crippen LogP contribution in [-0.4, -0.2) is 20.6 Å². The lowest BCUT2D eigenvalue weighted by atomic mass is 9.98. The van der Waals surface area contributed by atoms with E-state index in [1.807, 2.05) is 41.1 Å². The van der Waals surface area contributed by atoms with E-state index in [1.165, 1.54) is 12.3 Å². The van der Waals surface area contributed by atoms with Crippen molar-refractivity contribution in [1.82, 2.24) is 9.55 Å². The molecule has 2 aromatic heterocycles. The minimum absolute atomic E-state index is 0.210. The summed E-state index contributed by atoms with van der Waals surface area (Å²) in [4.78, 5) is 15.1. The molecule has 0 bridgehead atoms. The summed E-state index contributed by atoms with van der Waals surface area (Å²) in [7, 11) is 0. The number of carbonyl (C=O) groups is 1. The van der Waals surface area contributed by atoms with Crippen LogP contribution in [0.15, 0.2) is 79.3 Å². The molecule has 0 saturated carbocycles. The number of halogens is 1. The Morgan fingerprint density at radius 2 is 1.77 bits per heavy atom. The molecule has 0 amide bonds. The number of hydrogen-bond acceptors (Lipinski definition) is 2. The van der Waals surface area contributed by atoms with E-state index in [-0.39, 0.29) is 11.6 Å². The summed E-state index contributed by atoms with van der Waals surface area (Å²) in [6.45, 7) is 0. The fraction of sp³-hybridized carbons (Fsp3) is 0.0476. The van der Waals surface area contributed by atoms with Crippen LogP contribution in [0.4, 0.5) is 4.39 Å². The van der Waals surface area contributed by atoms with Gasteiger partial charge >= 0.3 is 5.97 Å². The maximum atomic E-state index is 13.8. The van der Waals surface area contributed by atoms with Gasteiger partial charge in [0.25, 0.3) is 0 Å². The molecule has 0 aliphatic heterocycles. The topological polar surface area (TPSA) is 55.1 Å². The van der Waals surface area contributed by atoms with Gasteiger partial charge in [-0.2, -0.15) is 0 Å². The molecule has 0 fully saturated rings. The average molecular weight is 346 g/mol. The van der Waals surface area contributed by atoms with Crippen LogP contribution in [0.3, 0.4) is 0 Å². The Hall–Kier alpha value is -3.47. The Morgan fingerprint density at radius 1 is 1.00 bits per heavy atom. The lowest BCUT2D eigenvalue weighted by Gasteiger charge is -2.21. The van der Waals surface area contributed by atoms with Crippen molar-refractivity contribution in [1.29, 1.82) is 0 Å². The Bertz CT molecular complexity index is 1090. The van der Waals surface area contributed by atoms with Gasteiger partial charge in [0.2, 0.25) is 0 Å². The fourth-order valence-corrected chi connectivity index (χ4v) is 3.23. The van der Waals surface area contributed by atoms with E-state index in [4.69, 9.17) is 5.11 Å². The van der Waals surface area contributed by atoms with Gasteiger partial charge in [-0.3, -0.25) is 4.98 Å². The van der Waals surface area contributed by atoms with E-state index in [0.717, 1.165) is 16.5 Å². The van der Waals surface area contributed by atoms with Crippen molar-refractivity contribution in [2.75, 3.05) is 0 Å². The molecular formula is C21H15FN2O2. The van der Waals surface area contributed by atoms with Crippen molar-refractivity contribution in [3.63, 3.8) is 0 Å². The Balaban J connectivity index is 1.91. The summed E-state index contributed by atoms with van der Waals surface area (Å²) in [5.74, 6) is -1.39. The predicted molar refractivity (Wildman–Crippen MR) is 96.8 cm³/mol. The van der Waals surface area contributed by atoms with E-state index < -0.39 is 11.8 Å². The first kappa shape index (κ1) is 16.0. The minimum Gasteiger partial charge on any atom is -0.478 e. The second kappa shape index (κ2) is 6.44. The van der Waals surface area contributed by atoms with Crippen LogP contribution >= 0.6 is 0 Å². The summed E-state index contributed by atoms with van der Waals surface area (Å²) in [6, 6.07) is 17.7. The molecule has 4 rings (SSSR count). The molecule has 0 aliphatic rings. The largest absolute Gasteiger partial charge is 0.478 e. The molecule has 2 aromatic carbocycles. The predicted octanol–water partition coefficient (Wildman–Crippen LogP) is 4.51. The summed E-state index contributed by atoms with van der Waals surface area (Å²) >= 11 is 0. The van der Waals surface area contributed by atoms with Crippen LogP contribution in [0.5, 0.6) is 0 Å². The SMILES string of the molecule is O=C(O)c1ccc(C(c2cncc(F)c2)n2ccc3ccccc32)cc1. The number of nitrogens with zero attached hydrogens (tertiary/aromatic N) is 2. The first-order valence-corrected chi connectivity index (χ1v) is 8.13. The second-order valence-electron chi connectivity index (χ2n) is 6.05. The molecule has 0 aliphatic carbocycles. The van der Waals surface area contributed by atoms with Gasteiger partial charge in [-0.05, 0) is 41.3 Å². The number of rotatable bonds is 4. The molecule has 128 valence electrons. The average Bonchev–Trinajstić information content (AvgIpc) is 3.07. The number of fused-ring (bicyclic) bond motifs is 1. The fourth-order valence-electron chi connectivity index (χ4n) is 3.23. The van der Waals surface area contributed by atoms with Crippen molar-refractivity contribution >= 4 is 16.9 Å². The number of aromatic carboxylic acids is 1. The standard InChI is InChI=1S/C21H15FN2O2/c22-18-11-17(12-23-13-18)20(15-5-7-16(8-6-15)21(25)26)24-10-9-14-3-1-2-4-19(14)24/h1-13,20H,(H,25,26). The highest BCUT2D eigenvalue weighted by molar-refractivity contribution is 5.87. The number of carboxylic acids is 1. The molecule has 1 atom stereocenters. The zero-order valence-corrected chi connectivity index (χ0v) is 13.7. The second-order valence-corrected chi connectivity index (χ2v) is 6.05. The molecule has 4 nitrogen and oxygen atoms in total. The number of aromatic nitrogens is 2. The number of para-hydroxylation sites is 1. The summed E-state index contributed by atoms with van der Waals surface area (Å²) in [6.07, 6.45) is 4.75. The molecular weight excluding hydrogens is 331 g/mol. The minimum atomic E-state index is -0.980. The van der Waals surface area contributed by atoms with Crippen LogP contribution in [0.25, 0.3) is 10.9 Å². The normalized spacial score (nSPS) is 12.2. The summed E-state index contributed by atoms with van der Waals surface area (Å²) in [5.41, 5.74) is 2.75. The van der Waals surface area contributed by atoms with Crippen molar-refractivity contribution in [2.24, 2.45) is 0 Å². The molecule has 0 saturated heterocycles. The van der Waals surface area contributed by atoms with Crippen LogP contribution in [0, 0.1) is 5.82 Å². The highest BCUT2D eigenvalue weighted by atomic mass is 19.1. The van der Waals surface area contributed by atoms with Gasteiger partial charge in [-0.25, -0.2) is 9.18 Å².